The van der Waals surface area contributed by atoms with Crippen LogP contribution < -0.4 is 10.2 Å². The first-order chi connectivity index (χ1) is 15.4. The van der Waals surface area contributed by atoms with Gasteiger partial charge in [-0.1, -0.05) is 0 Å². The minimum atomic E-state index is -0.424. The fourth-order valence-corrected chi connectivity index (χ4v) is 5.40. The van der Waals surface area contributed by atoms with Crippen LogP contribution in [-0.2, 0) is 11.8 Å². The molecule has 4 heterocycles. The summed E-state index contributed by atoms with van der Waals surface area (Å²) in [6.45, 7) is 0.553. The molecule has 0 bridgehead atoms. The number of anilines is 2. The maximum Gasteiger partial charge on any atom is 0.275 e. The number of hydrogen-bond donors (Lipinski definition) is 2. The van der Waals surface area contributed by atoms with Gasteiger partial charge < -0.3 is 10.4 Å². The molecule has 2 fully saturated rings. The summed E-state index contributed by atoms with van der Waals surface area (Å²) in [6.07, 6.45) is 8.17. The Morgan fingerprint density at radius 3 is 2.75 bits per heavy atom. The number of carbonyl (C=O) groups excluding carboxylic acids is 2. The molecule has 10 heteroatoms. The van der Waals surface area contributed by atoms with Crippen LogP contribution in [0.1, 0.15) is 42.6 Å². The third-order valence-corrected chi connectivity index (χ3v) is 7.29. The predicted octanol–water partition coefficient (Wildman–Crippen LogP) is 2.85. The molecule has 3 aromatic rings. The van der Waals surface area contributed by atoms with E-state index >= 15 is 0 Å². The van der Waals surface area contributed by atoms with Crippen molar-refractivity contribution in [1.29, 1.82) is 0 Å². The Morgan fingerprint density at radius 1 is 1.25 bits per heavy atom. The van der Waals surface area contributed by atoms with Gasteiger partial charge in [0.1, 0.15) is 16.4 Å². The summed E-state index contributed by atoms with van der Waals surface area (Å²) < 4.78 is 1.59. The molecule has 1 spiro atoms. The SMILES string of the molecule is Cn1cc(NC(=O)c2csc(-c3ccncc3)n2)c(N2CCC3(CCC(O)CC3)C2=O)n1. The summed E-state index contributed by atoms with van der Waals surface area (Å²) in [5, 5.41) is 19.7. The Labute approximate surface area is 189 Å². The van der Waals surface area contributed by atoms with Crippen LogP contribution in [0.25, 0.3) is 10.6 Å². The lowest BCUT2D eigenvalue weighted by Crippen LogP contribution is -2.38. The smallest absolute Gasteiger partial charge is 0.275 e. The van der Waals surface area contributed by atoms with Gasteiger partial charge in [-0.05, 0) is 44.2 Å². The van der Waals surface area contributed by atoms with Crippen molar-refractivity contribution >= 4 is 34.7 Å². The van der Waals surface area contributed by atoms with Crippen molar-refractivity contribution in [3.63, 3.8) is 0 Å². The summed E-state index contributed by atoms with van der Waals surface area (Å²) in [6, 6.07) is 3.69. The molecule has 1 aliphatic carbocycles. The van der Waals surface area contributed by atoms with Crippen molar-refractivity contribution in [3.8, 4) is 10.6 Å². The third-order valence-electron chi connectivity index (χ3n) is 6.40. The Morgan fingerprint density at radius 2 is 2.00 bits per heavy atom. The first-order valence-corrected chi connectivity index (χ1v) is 11.5. The van der Waals surface area contributed by atoms with Gasteiger partial charge in [-0.3, -0.25) is 24.2 Å². The molecule has 2 N–H and O–H groups in total. The third kappa shape index (κ3) is 3.69. The van der Waals surface area contributed by atoms with Crippen LogP contribution in [-0.4, -0.2) is 49.3 Å². The number of pyridine rings is 1. The van der Waals surface area contributed by atoms with Crippen LogP contribution in [0.5, 0.6) is 0 Å². The number of nitrogens with one attached hydrogen (secondary N) is 1. The topological polar surface area (TPSA) is 113 Å². The Bertz CT molecular complexity index is 1150. The first-order valence-electron chi connectivity index (χ1n) is 10.7. The maximum atomic E-state index is 13.3. The number of amides is 2. The molecular formula is C22H24N6O3S. The predicted molar refractivity (Wildman–Crippen MR) is 120 cm³/mol. The maximum absolute atomic E-state index is 13.3. The number of aliphatic hydroxyl groups is 1. The quantitative estimate of drug-likeness (QED) is 0.629. The van der Waals surface area contributed by atoms with Crippen LogP contribution in [0.15, 0.2) is 36.1 Å². The highest BCUT2D eigenvalue weighted by Crippen LogP contribution is 2.46. The molecule has 0 radical (unpaired) electrons. The fourth-order valence-electron chi connectivity index (χ4n) is 4.60. The van der Waals surface area contributed by atoms with Gasteiger partial charge in [0.25, 0.3) is 5.91 Å². The minimum absolute atomic E-state index is 0.0345. The molecule has 1 aliphatic heterocycles. The van der Waals surface area contributed by atoms with Gasteiger partial charge >= 0.3 is 0 Å². The standard InChI is InChI=1S/C22H24N6O3S/c1-27-12-16(24-19(30)17-13-32-20(25-17)14-4-9-23-10-5-14)18(26-27)28-11-8-22(21(28)31)6-2-15(29)3-7-22/h4-5,9-10,12-13,15,29H,2-3,6-8,11H2,1H3,(H,24,30). The van der Waals surface area contributed by atoms with E-state index in [2.05, 4.69) is 20.4 Å². The normalized spacial score (nSPS) is 23.1. The van der Waals surface area contributed by atoms with E-state index in [9.17, 15) is 14.7 Å². The van der Waals surface area contributed by atoms with E-state index < -0.39 is 5.41 Å². The number of aryl methyl sites for hydroxylation is 1. The molecule has 166 valence electrons. The van der Waals surface area contributed by atoms with E-state index in [1.54, 1.807) is 40.6 Å². The molecule has 5 rings (SSSR count). The molecule has 0 atom stereocenters. The van der Waals surface area contributed by atoms with Gasteiger partial charge in [0.05, 0.1) is 17.7 Å². The van der Waals surface area contributed by atoms with Crippen LogP contribution in [0.3, 0.4) is 0 Å². The van der Waals surface area contributed by atoms with Crippen LogP contribution in [0.4, 0.5) is 11.5 Å². The van der Waals surface area contributed by atoms with E-state index in [0.717, 1.165) is 17.0 Å². The van der Waals surface area contributed by atoms with E-state index in [0.29, 0.717) is 49.4 Å². The first kappa shape index (κ1) is 20.8. The molecule has 0 aromatic carbocycles. The molecule has 2 aliphatic rings. The number of thiazole rings is 1. The molecular weight excluding hydrogens is 428 g/mol. The number of aliphatic hydroxyl groups excluding tert-OH is 1. The average molecular weight is 453 g/mol. The van der Waals surface area contributed by atoms with Crippen LogP contribution in [0.2, 0.25) is 0 Å². The number of carbonyl (C=O) groups is 2. The largest absolute Gasteiger partial charge is 0.393 e. The highest BCUT2D eigenvalue weighted by atomic mass is 32.1. The molecule has 1 saturated carbocycles. The van der Waals surface area contributed by atoms with Gasteiger partial charge in [0.2, 0.25) is 5.91 Å². The molecule has 0 unspecified atom stereocenters. The zero-order valence-electron chi connectivity index (χ0n) is 17.7. The summed E-state index contributed by atoms with van der Waals surface area (Å²) in [7, 11) is 1.76. The lowest BCUT2D eigenvalue weighted by atomic mass is 9.72. The zero-order valence-corrected chi connectivity index (χ0v) is 18.5. The van der Waals surface area contributed by atoms with E-state index in [4.69, 9.17) is 0 Å². The summed E-state index contributed by atoms with van der Waals surface area (Å²) in [5.74, 6) is 0.142. The monoisotopic (exact) mass is 452 g/mol. The van der Waals surface area contributed by atoms with Gasteiger partial charge in [0.15, 0.2) is 5.82 Å². The van der Waals surface area contributed by atoms with Crippen molar-refractivity contribution in [3.05, 3.63) is 41.8 Å². The lowest BCUT2D eigenvalue weighted by molar-refractivity contribution is -0.128. The van der Waals surface area contributed by atoms with Crippen molar-refractivity contribution in [2.24, 2.45) is 12.5 Å². The van der Waals surface area contributed by atoms with Crippen molar-refractivity contribution in [2.45, 2.75) is 38.2 Å². The summed E-state index contributed by atoms with van der Waals surface area (Å²) in [5.41, 5.74) is 1.27. The van der Waals surface area contributed by atoms with Gasteiger partial charge in [0, 0.05) is 36.9 Å². The van der Waals surface area contributed by atoms with Crippen molar-refractivity contribution in [1.82, 2.24) is 19.7 Å². The van der Waals surface area contributed by atoms with Crippen LogP contribution in [0, 0.1) is 5.41 Å². The molecule has 2 amide bonds. The Kier molecular flexibility index (Phi) is 5.26. The summed E-state index contributed by atoms with van der Waals surface area (Å²) in [4.78, 5) is 36.4. The minimum Gasteiger partial charge on any atom is -0.393 e. The van der Waals surface area contributed by atoms with Crippen LogP contribution >= 0.6 is 11.3 Å². The van der Waals surface area contributed by atoms with E-state index in [1.165, 1.54) is 11.3 Å². The van der Waals surface area contributed by atoms with Crippen molar-refractivity contribution < 1.29 is 14.7 Å². The second-order valence-electron chi connectivity index (χ2n) is 8.49. The number of nitrogens with zero attached hydrogens (tertiary/aromatic N) is 5. The van der Waals surface area contributed by atoms with Gasteiger partial charge in [-0.25, -0.2) is 4.98 Å². The Hall–Kier alpha value is -3.11. The van der Waals surface area contributed by atoms with E-state index in [1.807, 2.05) is 12.1 Å². The van der Waals surface area contributed by atoms with Gasteiger partial charge in [-0.2, -0.15) is 5.10 Å². The zero-order chi connectivity index (χ0) is 22.3. The van der Waals surface area contributed by atoms with Gasteiger partial charge in [-0.15, -0.1) is 11.3 Å². The van der Waals surface area contributed by atoms with Crippen molar-refractivity contribution in [2.75, 3.05) is 16.8 Å². The Balaban J connectivity index is 1.35. The highest BCUT2D eigenvalue weighted by molar-refractivity contribution is 7.13. The average Bonchev–Trinajstić information content (AvgIpc) is 3.50. The number of hydrogen-bond acceptors (Lipinski definition) is 7. The molecule has 1 saturated heterocycles. The number of rotatable bonds is 4. The summed E-state index contributed by atoms with van der Waals surface area (Å²) >= 11 is 1.39. The molecule has 3 aromatic heterocycles. The number of aromatic nitrogens is 4. The fraction of sp³-hybridized carbons (Fsp3) is 0.409. The lowest BCUT2D eigenvalue weighted by Gasteiger charge is -2.33. The molecule has 9 nitrogen and oxygen atoms in total. The highest BCUT2D eigenvalue weighted by Gasteiger charge is 2.49. The second kappa shape index (κ2) is 8.10. The van der Waals surface area contributed by atoms with E-state index in [-0.39, 0.29) is 17.9 Å². The second-order valence-corrected chi connectivity index (χ2v) is 9.34. The molecule has 32 heavy (non-hydrogen) atoms.